The zero-order chi connectivity index (χ0) is 20.8. The Labute approximate surface area is 170 Å². The Balaban J connectivity index is 1.52. The molecule has 3 unspecified atom stereocenters. The van der Waals surface area contributed by atoms with Gasteiger partial charge in [0.25, 0.3) is 0 Å². The van der Waals surface area contributed by atoms with Crippen molar-refractivity contribution >= 4 is 22.8 Å². The number of fused-ring (bicyclic) bond motifs is 5. The molecule has 3 N–H and O–H groups in total. The molecule has 0 aliphatic heterocycles. The van der Waals surface area contributed by atoms with Gasteiger partial charge < -0.3 is 10.4 Å². The van der Waals surface area contributed by atoms with E-state index in [1.165, 1.54) is 6.07 Å². The van der Waals surface area contributed by atoms with Crippen LogP contribution in [0.4, 0.5) is 14.6 Å². The molecular formula is C20H20F2N6O2. The fraction of sp³-hybridized carbons (Fsp3) is 0.450. The van der Waals surface area contributed by atoms with E-state index in [9.17, 15) is 18.7 Å². The highest BCUT2D eigenvalue weighted by atomic mass is 19.1. The molecule has 2 bridgehead atoms. The van der Waals surface area contributed by atoms with Gasteiger partial charge in [-0.25, -0.2) is 23.7 Å². The summed E-state index contributed by atoms with van der Waals surface area (Å²) in [5, 5.41) is 20.1. The summed E-state index contributed by atoms with van der Waals surface area (Å²) in [4.78, 5) is 24.2. The summed E-state index contributed by atoms with van der Waals surface area (Å²) in [5.41, 5.74) is 0.609. The molecule has 3 aliphatic rings. The molecule has 4 atom stereocenters. The summed E-state index contributed by atoms with van der Waals surface area (Å²) in [6.45, 7) is 0. The second-order valence-electron chi connectivity index (χ2n) is 8.07. The number of aliphatic carboxylic acids is 1. The summed E-state index contributed by atoms with van der Waals surface area (Å²) in [6.07, 6.45) is 6.65. The molecule has 6 rings (SSSR count). The van der Waals surface area contributed by atoms with Crippen molar-refractivity contribution in [3.05, 3.63) is 30.1 Å². The van der Waals surface area contributed by atoms with Crippen LogP contribution in [0.1, 0.15) is 32.1 Å². The standard InChI is InChI=1S/C20H20F2N6O2/c21-11-6-12-16(27-28-17(12)23-7-11)19-24-8-13(22)18(26-19)25-15-10-3-1-2-9(4-5-10)14(15)20(29)30/h6-10,14-15H,1-5H2,(H,29,30)(H,23,27,28)(H,24,25,26)/t9?,10?,14-,15?/m0/s1. The van der Waals surface area contributed by atoms with Crippen molar-refractivity contribution < 1.29 is 18.7 Å². The Hall–Kier alpha value is -3.17. The third kappa shape index (κ3) is 3.16. The van der Waals surface area contributed by atoms with E-state index in [4.69, 9.17) is 0 Å². The number of pyridine rings is 1. The lowest BCUT2D eigenvalue weighted by Gasteiger charge is -2.38. The maximum absolute atomic E-state index is 14.6. The molecule has 156 valence electrons. The molecule has 0 radical (unpaired) electrons. The molecule has 3 fully saturated rings. The third-order valence-electron chi connectivity index (χ3n) is 6.39. The second-order valence-corrected chi connectivity index (χ2v) is 8.07. The van der Waals surface area contributed by atoms with Crippen molar-refractivity contribution in [2.45, 2.75) is 38.1 Å². The zero-order valence-corrected chi connectivity index (χ0v) is 16.0. The smallest absolute Gasteiger partial charge is 0.308 e. The van der Waals surface area contributed by atoms with Gasteiger partial charge in [-0.05, 0) is 43.6 Å². The third-order valence-corrected chi connectivity index (χ3v) is 6.39. The minimum Gasteiger partial charge on any atom is -0.481 e. The molecule has 0 spiro atoms. The van der Waals surface area contributed by atoms with Gasteiger partial charge in [0.05, 0.1) is 23.7 Å². The maximum Gasteiger partial charge on any atom is 0.308 e. The Morgan fingerprint density at radius 1 is 1.13 bits per heavy atom. The molecule has 3 heterocycles. The largest absolute Gasteiger partial charge is 0.481 e. The number of aromatic amines is 1. The van der Waals surface area contributed by atoms with Crippen LogP contribution in [0, 0.1) is 29.4 Å². The first-order chi connectivity index (χ1) is 14.5. The van der Waals surface area contributed by atoms with E-state index in [-0.39, 0.29) is 29.2 Å². The highest BCUT2D eigenvalue weighted by Gasteiger charge is 2.45. The molecule has 0 aromatic carbocycles. The lowest BCUT2D eigenvalue weighted by atomic mass is 9.71. The fourth-order valence-electron chi connectivity index (χ4n) is 5.02. The number of rotatable bonds is 4. The molecule has 0 saturated heterocycles. The van der Waals surface area contributed by atoms with Gasteiger partial charge in [-0.1, -0.05) is 6.42 Å². The average Bonchev–Trinajstić information content (AvgIpc) is 2.89. The predicted octanol–water partition coefficient (Wildman–Crippen LogP) is 3.38. The monoisotopic (exact) mass is 414 g/mol. The number of halogens is 2. The van der Waals surface area contributed by atoms with Gasteiger partial charge in [0.15, 0.2) is 23.1 Å². The van der Waals surface area contributed by atoms with Crippen molar-refractivity contribution in [2.75, 3.05) is 5.32 Å². The van der Waals surface area contributed by atoms with Gasteiger partial charge in [-0.2, -0.15) is 5.10 Å². The van der Waals surface area contributed by atoms with Gasteiger partial charge in [-0.15, -0.1) is 0 Å². The summed E-state index contributed by atoms with van der Waals surface area (Å²) < 4.78 is 28.2. The SMILES string of the molecule is O=C(O)[C@H]1C2CCCC(CC2)C1Nc1nc(-c2n[nH]c3ncc(F)cc23)ncc1F. The minimum atomic E-state index is -0.862. The average molecular weight is 414 g/mol. The van der Waals surface area contributed by atoms with Crippen molar-refractivity contribution in [2.24, 2.45) is 17.8 Å². The van der Waals surface area contributed by atoms with Crippen LogP contribution in [0.15, 0.2) is 18.5 Å². The first kappa shape index (κ1) is 18.8. The van der Waals surface area contributed by atoms with Crippen LogP contribution < -0.4 is 5.32 Å². The number of nitrogens with one attached hydrogen (secondary N) is 2. The molecule has 10 heteroatoms. The predicted molar refractivity (Wildman–Crippen MR) is 103 cm³/mol. The number of hydrogen-bond donors (Lipinski definition) is 3. The highest BCUT2D eigenvalue weighted by Crippen LogP contribution is 2.44. The lowest BCUT2D eigenvalue weighted by Crippen LogP contribution is -2.46. The van der Waals surface area contributed by atoms with E-state index in [1.54, 1.807) is 0 Å². The van der Waals surface area contributed by atoms with Gasteiger partial charge >= 0.3 is 5.97 Å². The Kier molecular flexibility index (Phi) is 4.56. The number of anilines is 1. The van der Waals surface area contributed by atoms with Crippen LogP contribution >= 0.6 is 0 Å². The minimum absolute atomic E-state index is 0.0655. The number of nitrogens with zero attached hydrogens (tertiary/aromatic N) is 4. The van der Waals surface area contributed by atoms with E-state index >= 15 is 0 Å². The zero-order valence-electron chi connectivity index (χ0n) is 16.0. The lowest BCUT2D eigenvalue weighted by molar-refractivity contribution is -0.145. The Morgan fingerprint density at radius 3 is 2.77 bits per heavy atom. The maximum atomic E-state index is 14.6. The molecular weight excluding hydrogens is 394 g/mol. The summed E-state index contributed by atoms with van der Waals surface area (Å²) in [5.74, 6) is -2.41. The second kappa shape index (κ2) is 7.26. The van der Waals surface area contributed by atoms with E-state index in [1.807, 2.05) is 0 Å². The number of aromatic nitrogens is 5. The van der Waals surface area contributed by atoms with Crippen molar-refractivity contribution in [1.29, 1.82) is 0 Å². The summed E-state index contributed by atoms with van der Waals surface area (Å²) in [6, 6.07) is 0.849. The van der Waals surface area contributed by atoms with E-state index in [2.05, 4.69) is 30.5 Å². The number of carboxylic acids is 1. The van der Waals surface area contributed by atoms with Gasteiger partial charge in [-0.3, -0.25) is 9.89 Å². The van der Waals surface area contributed by atoms with Crippen LogP contribution in [-0.4, -0.2) is 42.3 Å². The molecule has 3 saturated carbocycles. The molecule has 3 aliphatic carbocycles. The molecule has 3 aromatic heterocycles. The first-order valence-corrected chi connectivity index (χ1v) is 10.0. The van der Waals surface area contributed by atoms with Gasteiger partial charge in [0, 0.05) is 6.04 Å². The first-order valence-electron chi connectivity index (χ1n) is 10.0. The van der Waals surface area contributed by atoms with Crippen LogP contribution in [-0.2, 0) is 4.79 Å². The summed E-state index contributed by atoms with van der Waals surface area (Å²) >= 11 is 0. The Bertz CT molecular complexity index is 1120. The number of hydrogen-bond acceptors (Lipinski definition) is 6. The van der Waals surface area contributed by atoms with Crippen molar-refractivity contribution in [3.63, 3.8) is 0 Å². The molecule has 8 nitrogen and oxygen atoms in total. The molecule has 0 amide bonds. The number of carboxylic acid groups (broad SMARTS) is 1. The topological polar surface area (TPSA) is 117 Å². The summed E-state index contributed by atoms with van der Waals surface area (Å²) in [7, 11) is 0. The van der Waals surface area contributed by atoms with Crippen LogP contribution in [0.5, 0.6) is 0 Å². The quantitative estimate of drug-likeness (QED) is 0.599. The van der Waals surface area contributed by atoms with E-state index in [0.29, 0.717) is 11.0 Å². The molecule has 30 heavy (non-hydrogen) atoms. The molecule has 3 aromatic rings. The van der Waals surface area contributed by atoms with Crippen LogP contribution in [0.25, 0.3) is 22.6 Å². The van der Waals surface area contributed by atoms with Gasteiger partial charge in [0.2, 0.25) is 0 Å². The van der Waals surface area contributed by atoms with Crippen LogP contribution in [0.3, 0.4) is 0 Å². The Morgan fingerprint density at radius 2 is 1.93 bits per heavy atom. The van der Waals surface area contributed by atoms with Gasteiger partial charge in [0.1, 0.15) is 11.5 Å². The highest BCUT2D eigenvalue weighted by molar-refractivity contribution is 5.88. The fourth-order valence-corrected chi connectivity index (χ4v) is 5.02. The normalized spacial score (nSPS) is 25.9. The van der Waals surface area contributed by atoms with Crippen LogP contribution in [0.2, 0.25) is 0 Å². The number of carbonyl (C=O) groups is 1. The number of H-pyrrole nitrogens is 1. The van der Waals surface area contributed by atoms with E-state index < -0.39 is 29.6 Å². The van der Waals surface area contributed by atoms with E-state index in [0.717, 1.165) is 44.5 Å². The van der Waals surface area contributed by atoms with Crippen molar-refractivity contribution in [3.8, 4) is 11.5 Å². The van der Waals surface area contributed by atoms with Crippen molar-refractivity contribution in [1.82, 2.24) is 25.1 Å².